The van der Waals surface area contributed by atoms with E-state index in [1.165, 1.54) is 28.7 Å². The van der Waals surface area contributed by atoms with Crippen molar-refractivity contribution in [3.8, 4) is 11.3 Å². The summed E-state index contributed by atoms with van der Waals surface area (Å²) in [5.41, 5.74) is 6.73. The second kappa shape index (κ2) is 8.44. The molecule has 122 valence electrons. The van der Waals surface area contributed by atoms with Gasteiger partial charge in [-0.25, -0.2) is 0 Å². The number of hydrogen-bond donors (Lipinski definition) is 0. The third kappa shape index (κ3) is 4.11. The molecule has 24 heavy (non-hydrogen) atoms. The minimum absolute atomic E-state index is 1.10. The molecule has 0 unspecified atom stereocenters. The molecule has 0 saturated heterocycles. The molecule has 0 N–H and O–H groups in total. The van der Waals surface area contributed by atoms with E-state index in [0.717, 1.165) is 31.4 Å². The van der Waals surface area contributed by atoms with Crippen molar-refractivity contribution in [1.29, 1.82) is 0 Å². The maximum Gasteiger partial charge on any atom is 0.0707 e. The maximum absolute atomic E-state index is 4.62. The van der Waals surface area contributed by atoms with Gasteiger partial charge >= 0.3 is 0 Å². The summed E-state index contributed by atoms with van der Waals surface area (Å²) in [4.78, 5) is 4.62. The molecule has 0 aliphatic carbocycles. The quantitative estimate of drug-likeness (QED) is 0.531. The van der Waals surface area contributed by atoms with Crippen molar-refractivity contribution >= 4 is 0 Å². The Morgan fingerprint density at radius 1 is 0.708 bits per heavy atom. The number of aryl methyl sites for hydroxylation is 3. The van der Waals surface area contributed by atoms with E-state index >= 15 is 0 Å². The zero-order valence-electron chi connectivity index (χ0n) is 14.4. The average molecular weight is 315 g/mol. The van der Waals surface area contributed by atoms with Crippen molar-refractivity contribution in [3.63, 3.8) is 0 Å². The van der Waals surface area contributed by atoms with E-state index in [2.05, 4.69) is 72.6 Å². The number of pyridine rings is 1. The van der Waals surface area contributed by atoms with Crippen LogP contribution in [-0.4, -0.2) is 4.98 Å². The van der Waals surface area contributed by atoms with Crippen LogP contribution < -0.4 is 0 Å². The first-order valence-electron chi connectivity index (χ1n) is 8.94. The fraction of sp³-hybridized carbons (Fsp3) is 0.261. The molecule has 1 nitrogen and oxygen atoms in total. The SMILES string of the molecule is CCCc1cccc(CCCc2ccccc2)c1-c1ccccn1. The topological polar surface area (TPSA) is 12.9 Å². The van der Waals surface area contributed by atoms with Crippen LogP contribution in [0.2, 0.25) is 0 Å². The Bertz CT molecular complexity index is 748. The smallest absolute Gasteiger partial charge is 0.0707 e. The van der Waals surface area contributed by atoms with Gasteiger partial charge in [0.15, 0.2) is 0 Å². The van der Waals surface area contributed by atoms with E-state index in [1.54, 1.807) is 0 Å². The second-order valence-electron chi connectivity index (χ2n) is 6.26. The van der Waals surface area contributed by atoms with Crippen LogP contribution >= 0.6 is 0 Å². The van der Waals surface area contributed by atoms with Crippen molar-refractivity contribution in [1.82, 2.24) is 4.98 Å². The fourth-order valence-electron chi connectivity index (χ4n) is 3.31. The van der Waals surface area contributed by atoms with Gasteiger partial charge in [0, 0.05) is 11.8 Å². The van der Waals surface area contributed by atoms with Gasteiger partial charge < -0.3 is 0 Å². The maximum atomic E-state index is 4.62. The zero-order valence-corrected chi connectivity index (χ0v) is 14.4. The Morgan fingerprint density at radius 2 is 1.46 bits per heavy atom. The molecule has 1 aromatic heterocycles. The monoisotopic (exact) mass is 315 g/mol. The van der Waals surface area contributed by atoms with Gasteiger partial charge in [-0.05, 0) is 54.5 Å². The average Bonchev–Trinajstić information content (AvgIpc) is 2.64. The van der Waals surface area contributed by atoms with Crippen LogP contribution in [0.3, 0.4) is 0 Å². The highest BCUT2D eigenvalue weighted by Gasteiger charge is 2.11. The number of aromatic nitrogens is 1. The summed E-state index contributed by atoms with van der Waals surface area (Å²) >= 11 is 0. The van der Waals surface area contributed by atoms with Crippen LogP contribution in [0, 0.1) is 0 Å². The van der Waals surface area contributed by atoms with Gasteiger partial charge in [0.25, 0.3) is 0 Å². The van der Waals surface area contributed by atoms with Crippen molar-refractivity contribution in [2.45, 2.75) is 39.0 Å². The molecule has 0 saturated carbocycles. The minimum Gasteiger partial charge on any atom is -0.256 e. The van der Waals surface area contributed by atoms with E-state index in [0.29, 0.717) is 0 Å². The van der Waals surface area contributed by atoms with Gasteiger partial charge in [-0.1, -0.05) is 67.9 Å². The van der Waals surface area contributed by atoms with Gasteiger partial charge in [0.1, 0.15) is 0 Å². The summed E-state index contributed by atoms with van der Waals surface area (Å²) in [5.74, 6) is 0. The first kappa shape index (κ1) is 16.4. The summed E-state index contributed by atoms with van der Waals surface area (Å²) in [6.45, 7) is 2.24. The van der Waals surface area contributed by atoms with E-state index < -0.39 is 0 Å². The lowest BCUT2D eigenvalue weighted by Gasteiger charge is -2.14. The molecular formula is C23H25N. The molecule has 2 aromatic carbocycles. The van der Waals surface area contributed by atoms with Crippen LogP contribution in [0.4, 0.5) is 0 Å². The number of benzene rings is 2. The predicted octanol–water partition coefficient (Wildman–Crippen LogP) is 5.88. The van der Waals surface area contributed by atoms with Crippen LogP contribution in [-0.2, 0) is 19.3 Å². The van der Waals surface area contributed by atoms with Crippen LogP contribution in [0.15, 0.2) is 72.9 Å². The molecule has 1 heteroatoms. The molecular weight excluding hydrogens is 290 g/mol. The molecule has 0 aliphatic rings. The Hall–Kier alpha value is -2.41. The molecule has 0 atom stereocenters. The highest BCUT2D eigenvalue weighted by molar-refractivity contribution is 5.68. The normalized spacial score (nSPS) is 10.7. The third-order valence-electron chi connectivity index (χ3n) is 4.43. The molecule has 0 bridgehead atoms. The Kier molecular flexibility index (Phi) is 5.79. The summed E-state index contributed by atoms with van der Waals surface area (Å²) in [6.07, 6.45) is 7.55. The molecule has 0 aliphatic heterocycles. The molecule has 1 heterocycles. The molecule has 3 aromatic rings. The lowest BCUT2D eigenvalue weighted by Crippen LogP contribution is -1.99. The van der Waals surface area contributed by atoms with E-state index in [9.17, 15) is 0 Å². The Labute approximate surface area is 145 Å². The molecule has 0 radical (unpaired) electrons. The molecule has 0 fully saturated rings. The van der Waals surface area contributed by atoms with Crippen LogP contribution in [0.25, 0.3) is 11.3 Å². The van der Waals surface area contributed by atoms with Crippen LogP contribution in [0.5, 0.6) is 0 Å². The standard InChI is InChI=1S/C23H25N/c1-2-10-20-15-9-16-21(23(20)22-17-6-7-18-24-22)14-8-13-19-11-4-3-5-12-19/h3-7,9,11-12,15-18H,2,8,10,13-14H2,1H3. The lowest BCUT2D eigenvalue weighted by molar-refractivity contribution is 0.818. The number of rotatable bonds is 7. The zero-order chi connectivity index (χ0) is 16.6. The van der Waals surface area contributed by atoms with E-state index in [4.69, 9.17) is 0 Å². The summed E-state index contributed by atoms with van der Waals surface area (Å²) in [7, 11) is 0. The molecule has 3 rings (SSSR count). The van der Waals surface area contributed by atoms with Gasteiger partial charge in [-0.2, -0.15) is 0 Å². The van der Waals surface area contributed by atoms with E-state index in [1.807, 2.05) is 12.3 Å². The van der Waals surface area contributed by atoms with Crippen LogP contribution in [0.1, 0.15) is 36.5 Å². The summed E-state index contributed by atoms with van der Waals surface area (Å²) in [6, 6.07) is 23.7. The van der Waals surface area contributed by atoms with Gasteiger partial charge in [0.2, 0.25) is 0 Å². The fourth-order valence-corrected chi connectivity index (χ4v) is 3.31. The van der Waals surface area contributed by atoms with Gasteiger partial charge in [-0.3, -0.25) is 4.98 Å². The predicted molar refractivity (Wildman–Crippen MR) is 102 cm³/mol. The second-order valence-corrected chi connectivity index (χ2v) is 6.26. The highest BCUT2D eigenvalue weighted by atomic mass is 14.7. The number of hydrogen-bond acceptors (Lipinski definition) is 1. The minimum atomic E-state index is 1.10. The van der Waals surface area contributed by atoms with Crippen molar-refractivity contribution in [3.05, 3.63) is 89.6 Å². The third-order valence-corrected chi connectivity index (χ3v) is 4.43. The molecule has 0 amide bonds. The summed E-state index contributed by atoms with van der Waals surface area (Å²) < 4.78 is 0. The van der Waals surface area contributed by atoms with Crippen molar-refractivity contribution < 1.29 is 0 Å². The van der Waals surface area contributed by atoms with Crippen molar-refractivity contribution in [2.24, 2.45) is 0 Å². The van der Waals surface area contributed by atoms with E-state index in [-0.39, 0.29) is 0 Å². The lowest BCUT2D eigenvalue weighted by atomic mass is 9.92. The highest BCUT2D eigenvalue weighted by Crippen LogP contribution is 2.28. The first-order chi connectivity index (χ1) is 11.9. The van der Waals surface area contributed by atoms with Gasteiger partial charge in [-0.15, -0.1) is 0 Å². The summed E-state index contributed by atoms with van der Waals surface area (Å²) in [5, 5.41) is 0. The first-order valence-corrected chi connectivity index (χ1v) is 8.94. The Morgan fingerprint density at radius 3 is 2.17 bits per heavy atom. The van der Waals surface area contributed by atoms with Crippen molar-refractivity contribution in [2.75, 3.05) is 0 Å². The van der Waals surface area contributed by atoms with Gasteiger partial charge in [0.05, 0.1) is 5.69 Å². The molecule has 0 spiro atoms. The largest absolute Gasteiger partial charge is 0.256 e. The number of nitrogens with zero attached hydrogens (tertiary/aromatic N) is 1. The Balaban J connectivity index is 1.83.